The predicted octanol–water partition coefficient (Wildman–Crippen LogP) is 6.46. The van der Waals surface area contributed by atoms with Gasteiger partial charge >= 0.3 is 0 Å². The maximum Gasteiger partial charge on any atom is 0.248 e. The molecule has 25 heteroatoms. The number of piperidine rings is 1. The third-order valence-corrected chi connectivity index (χ3v) is 22.9. The summed E-state index contributed by atoms with van der Waals surface area (Å²) in [6.07, 6.45) is 14.3. The van der Waals surface area contributed by atoms with Gasteiger partial charge in [0.25, 0.3) is 0 Å². The van der Waals surface area contributed by atoms with Crippen molar-refractivity contribution in [1.82, 2.24) is 60.5 Å². The van der Waals surface area contributed by atoms with Crippen LogP contribution in [0.3, 0.4) is 0 Å². The van der Waals surface area contributed by atoms with Crippen LogP contribution in [0.1, 0.15) is 221 Å². The van der Waals surface area contributed by atoms with Crippen molar-refractivity contribution in [2.75, 3.05) is 69.0 Å². The minimum Gasteiger partial charge on any atom is -0.391 e. The van der Waals surface area contributed by atoms with Gasteiger partial charge in [0.05, 0.1) is 19.1 Å². The monoisotopic (exact) mass is 1450 g/mol. The number of hydrogen-bond acceptors (Lipinski definition) is 13. The first-order valence-corrected chi connectivity index (χ1v) is 39.3. The van der Waals surface area contributed by atoms with Crippen molar-refractivity contribution in [1.29, 1.82) is 0 Å². The van der Waals surface area contributed by atoms with E-state index in [1.807, 2.05) is 47.6 Å². The summed E-state index contributed by atoms with van der Waals surface area (Å²) in [5, 5.41) is 23.4. The van der Waals surface area contributed by atoms with E-state index in [1.165, 1.54) is 90.4 Å². The van der Waals surface area contributed by atoms with Gasteiger partial charge in [0.1, 0.15) is 60.4 Å². The van der Waals surface area contributed by atoms with E-state index in [-0.39, 0.29) is 80.5 Å². The Morgan fingerprint density at radius 3 is 1.39 bits per heavy atom. The number of aliphatic hydroxyl groups excluding tert-OH is 1. The first-order valence-electron chi connectivity index (χ1n) is 39.3. The summed E-state index contributed by atoms with van der Waals surface area (Å²) < 4.78 is 0. The zero-order valence-electron chi connectivity index (χ0n) is 65.6. The number of carbonyl (C=O) groups excluding carboxylic acids is 12. The van der Waals surface area contributed by atoms with Gasteiger partial charge in [0.2, 0.25) is 70.9 Å². The molecule has 0 spiro atoms. The van der Waals surface area contributed by atoms with Crippen LogP contribution in [0, 0.1) is 35.5 Å². The lowest BCUT2D eigenvalue weighted by molar-refractivity contribution is -0.154. The number of nitrogens with zero attached hydrogens (tertiary/aromatic N) is 8. The minimum absolute atomic E-state index is 0.00451. The first kappa shape index (κ1) is 85.7. The van der Waals surface area contributed by atoms with Crippen LogP contribution in [0.4, 0.5) is 0 Å². The van der Waals surface area contributed by atoms with Gasteiger partial charge in [-0.2, -0.15) is 0 Å². The van der Waals surface area contributed by atoms with E-state index in [0.29, 0.717) is 31.5 Å². The quantitative estimate of drug-likeness (QED) is 0.119. The fourth-order valence-electron chi connectivity index (χ4n) is 16.1. The van der Waals surface area contributed by atoms with Gasteiger partial charge in [-0.25, -0.2) is 0 Å². The molecule has 6 rings (SSSR count). The van der Waals surface area contributed by atoms with E-state index in [4.69, 9.17) is 0 Å². The molecule has 5 N–H and O–H groups in total. The normalized spacial score (nSPS) is 27.7. The second kappa shape index (κ2) is 41.1. The summed E-state index contributed by atoms with van der Waals surface area (Å²) in [5.74, 6) is -8.19. The van der Waals surface area contributed by atoms with E-state index in [0.717, 1.165) is 103 Å². The van der Waals surface area contributed by atoms with Crippen LogP contribution < -0.4 is 21.3 Å². The fourth-order valence-corrected chi connectivity index (χ4v) is 16.1. The Hall–Kier alpha value is -7.18. The maximum absolute atomic E-state index is 15.6. The highest BCUT2D eigenvalue weighted by Gasteiger charge is 2.45. The van der Waals surface area contributed by atoms with Crippen LogP contribution in [-0.2, 0) is 64.0 Å². The average Bonchev–Trinajstić information content (AvgIpc) is 0.819. The van der Waals surface area contributed by atoms with Crippen molar-refractivity contribution < 1.29 is 62.6 Å². The SMILES string of the molecule is CC(C)C[C@@H]1NC(=O)[C@H](CC2CCCCC2)N(C)C(=O)[C@H]([C@@H](C)O)NC(=O)[C@H](CC2CCCCC2)NC(=O)[C@H](Cc2ccccc2)N(C)C(=O)C[C@@H](C(=O)N2CCCCC2)NC(=O)[C@H](C)N(C)C(=O)[C@H](CC(C)C)N(C)C(=O)CN(C)C(=O)[C@H](CC(C)C)N(C)C(=O)[C@H](CC2CCCCC2)N(C)C1=O. The van der Waals surface area contributed by atoms with Gasteiger partial charge in [-0.15, -0.1) is 0 Å². The van der Waals surface area contributed by atoms with Gasteiger partial charge in [-0.1, -0.05) is 168 Å². The molecule has 2 aliphatic heterocycles. The number of aliphatic hydroxyl groups is 1. The van der Waals surface area contributed by atoms with Gasteiger partial charge < -0.3 is 65.6 Å². The minimum atomic E-state index is -1.64. The lowest BCUT2D eigenvalue weighted by Gasteiger charge is -2.39. The lowest BCUT2D eigenvalue weighted by atomic mass is 9.83. The molecule has 3 aliphatic carbocycles. The van der Waals surface area contributed by atoms with Gasteiger partial charge in [0, 0.05) is 68.8 Å². The molecule has 2 saturated heterocycles. The van der Waals surface area contributed by atoms with Gasteiger partial charge in [-0.05, 0) is 113 Å². The summed E-state index contributed by atoms with van der Waals surface area (Å²) in [6, 6.07) is -3.80. The highest BCUT2D eigenvalue weighted by Crippen LogP contribution is 2.33. The number of amides is 12. The van der Waals surface area contributed by atoms with Crippen molar-refractivity contribution in [3.63, 3.8) is 0 Å². The van der Waals surface area contributed by atoms with Crippen molar-refractivity contribution in [2.45, 2.75) is 289 Å². The number of benzene rings is 1. The van der Waals surface area contributed by atoms with Crippen LogP contribution in [0.2, 0.25) is 0 Å². The van der Waals surface area contributed by atoms with Crippen molar-refractivity contribution in [2.24, 2.45) is 35.5 Å². The molecule has 25 nitrogen and oxygen atoms in total. The summed E-state index contributed by atoms with van der Waals surface area (Å²) >= 11 is 0. The highest BCUT2D eigenvalue weighted by molar-refractivity contribution is 6.00. The smallest absolute Gasteiger partial charge is 0.248 e. The molecule has 0 aromatic heterocycles. The molecule has 584 valence electrons. The Bertz CT molecular complexity index is 3030. The lowest BCUT2D eigenvalue weighted by Crippen LogP contribution is -2.62. The average molecular weight is 1460 g/mol. The topological polar surface area (TPSA) is 299 Å². The molecule has 104 heavy (non-hydrogen) atoms. The number of hydrogen-bond donors (Lipinski definition) is 5. The van der Waals surface area contributed by atoms with Crippen LogP contribution in [-0.4, -0.2) is 251 Å². The number of likely N-dealkylation sites (tertiary alicyclic amines) is 1. The summed E-state index contributed by atoms with van der Waals surface area (Å²) in [4.78, 5) is 193. The molecule has 1 aromatic rings. The molecular weight excluding hydrogens is 1320 g/mol. The van der Waals surface area contributed by atoms with Crippen LogP contribution >= 0.6 is 0 Å². The number of carbonyl (C=O) groups is 12. The van der Waals surface area contributed by atoms with Crippen molar-refractivity contribution in [3.05, 3.63) is 35.9 Å². The van der Waals surface area contributed by atoms with E-state index < -0.39 is 150 Å². The predicted molar refractivity (Wildman–Crippen MR) is 399 cm³/mol. The second-order valence-corrected chi connectivity index (χ2v) is 32.6. The second-order valence-electron chi connectivity index (χ2n) is 32.6. The van der Waals surface area contributed by atoms with Gasteiger partial charge in [0.15, 0.2) is 0 Å². The highest BCUT2D eigenvalue weighted by atomic mass is 16.3. The van der Waals surface area contributed by atoms with Crippen LogP contribution in [0.25, 0.3) is 0 Å². The Balaban J connectivity index is 1.49. The Kier molecular flexibility index (Phi) is 33.9. The van der Waals surface area contributed by atoms with Crippen molar-refractivity contribution >= 4 is 70.9 Å². The Morgan fingerprint density at radius 1 is 0.433 bits per heavy atom. The summed E-state index contributed by atoms with van der Waals surface area (Å²) in [5.41, 5.74) is 0.660. The van der Waals surface area contributed by atoms with E-state index in [1.54, 1.807) is 36.2 Å². The molecule has 5 fully saturated rings. The number of rotatable bonds is 16. The standard InChI is InChI=1S/C79H130N12O13/c1-50(2)41-60-74(99)89(14)66(47-58-37-27-19-28-38-58)78(103)90(15)64(42-51(3)4)76(101)84(9)49-68(94)87(12)65(43-52(5)6)77(102)85(10)53(7)70(95)81-61(75(100)91-39-29-20-30-40-91)48-67(93)86(11)62(45-56-33-23-17-24-34-56)72(97)80-59(44-55-31-21-16-22-32-55)71(96)83-69(54(8)92)79(104)88(13)63(73(98)82-60)46-57-35-25-18-26-36-57/h17,23-24,33-34,50-55,57-66,69,92H,16,18-22,25-32,35-49H2,1-15H3,(H,80,97)(H,81,95)(H,82,98)(H,83,96)/t53-,54+,59-,60-,61-,62-,63-,64-,65-,66-,69-/m0/s1. The van der Waals surface area contributed by atoms with Crippen molar-refractivity contribution in [3.8, 4) is 0 Å². The van der Waals surface area contributed by atoms with E-state index in [9.17, 15) is 24.3 Å². The molecular formula is C79H130N12O13. The Labute approximate surface area is 620 Å². The molecule has 0 bridgehead atoms. The molecule has 12 amide bonds. The first-order chi connectivity index (χ1) is 49.2. The molecule has 0 radical (unpaired) electrons. The van der Waals surface area contributed by atoms with Crippen LogP contribution in [0.15, 0.2) is 30.3 Å². The molecule has 1 aromatic carbocycles. The van der Waals surface area contributed by atoms with Gasteiger partial charge in [-0.3, -0.25) is 57.5 Å². The summed E-state index contributed by atoms with van der Waals surface area (Å²) in [6.45, 7) is 14.5. The molecule has 3 saturated carbocycles. The van der Waals surface area contributed by atoms with E-state index in [2.05, 4.69) is 21.3 Å². The molecule has 5 aliphatic rings. The third kappa shape index (κ3) is 24.4. The molecule has 0 unspecified atom stereocenters. The maximum atomic E-state index is 15.6. The zero-order chi connectivity index (χ0) is 76.8. The number of nitrogens with one attached hydrogen (secondary N) is 4. The zero-order valence-corrected chi connectivity index (χ0v) is 65.6. The fraction of sp³-hybridized carbons (Fsp3) is 0.772. The molecule has 2 heterocycles. The summed E-state index contributed by atoms with van der Waals surface area (Å²) in [7, 11) is 10.3. The van der Waals surface area contributed by atoms with Crippen LogP contribution in [0.5, 0.6) is 0 Å². The Morgan fingerprint density at radius 2 is 0.875 bits per heavy atom. The van der Waals surface area contributed by atoms with E-state index >= 15 is 38.4 Å². The molecule has 11 atom stereocenters. The number of likely N-dealkylation sites (N-methyl/N-ethyl adjacent to an activating group) is 7. The third-order valence-electron chi connectivity index (χ3n) is 22.9. The largest absolute Gasteiger partial charge is 0.391 e.